The number of H-pyrrole nitrogens is 1. The Morgan fingerprint density at radius 3 is 2.55 bits per heavy atom. The van der Waals surface area contributed by atoms with Crippen LogP contribution in [-0.4, -0.2) is 43.1 Å². The largest absolute Gasteiger partial charge is 0.497 e. The van der Waals surface area contributed by atoms with Gasteiger partial charge in [0.2, 0.25) is 0 Å². The lowest BCUT2D eigenvalue weighted by Gasteiger charge is -2.17. The Labute approximate surface area is 129 Å². The van der Waals surface area contributed by atoms with Gasteiger partial charge in [0, 0.05) is 31.3 Å². The summed E-state index contributed by atoms with van der Waals surface area (Å²) in [6, 6.07) is 9.56. The molecule has 116 valence electrons. The molecule has 5 nitrogen and oxygen atoms in total. The molecule has 1 saturated heterocycles. The number of nitrogens with zero attached hydrogens (tertiary/aromatic N) is 1. The predicted molar refractivity (Wildman–Crippen MR) is 83.6 cm³/mol. The highest BCUT2D eigenvalue weighted by atomic mass is 16.5. The number of rotatable bonds is 4. The van der Waals surface area contributed by atoms with E-state index in [9.17, 15) is 4.79 Å². The Morgan fingerprint density at radius 1 is 1.23 bits per heavy atom. The third-order valence-corrected chi connectivity index (χ3v) is 4.15. The average molecular weight is 300 g/mol. The molecule has 1 atom stereocenters. The fourth-order valence-electron chi connectivity index (χ4n) is 2.92. The summed E-state index contributed by atoms with van der Waals surface area (Å²) < 4.78 is 10.6. The Balaban J connectivity index is 1.76. The molecule has 22 heavy (non-hydrogen) atoms. The molecule has 0 radical (unpaired) electrons. The van der Waals surface area contributed by atoms with Gasteiger partial charge < -0.3 is 19.4 Å². The number of aromatic amines is 1. The van der Waals surface area contributed by atoms with E-state index >= 15 is 0 Å². The topological polar surface area (TPSA) is 54.6 Å². The zero-order valence-electron chi connectivity index (χ0n) is 12.8. The first-order valence-corrected chi connectivity index (χ1v) is 7.37. The summed E-state index contributed by atoms with van der Waals surface area (Å²) in [6.07, 6.45) is 2.72. The Kier molecular flexibility index (Phi) is 4.04. The van der Waals surface area contributed by atoms with Gasteiger partial charge in [0.1, 0.15) is 17.2 Å². The van der Waals surface area contributed by atoms with Crippen LogP contribution in [-0.2, 0) is 0 Å². The van der Waals surface area contributed by atoms with Crippen molar-refractivity contribution in [1.82, 2.24) is 9.88 Å². The number of benzene rings is 1. The van der Waals surface area contributed by atoms with Crippen molar-refractivity contribution in [2.24, 2.45) is 0 Å². The Hall–Kier alpha value is -2.43. The maximum absolute atomic E-state index is 12.4. The number of likely N-dealkylation sites (tertiary alicyclic amines) is 1. The molecule has 0 unspecified atom stereocenters. The fourth-order valence-corrected chi connectivity index (χ4v) is 2.92. The van der Waals surface area contributed by atoms with E-state index < -0.39 is 0 Å². The molecule has 1 amide bonds. The van der Waals surface area contributed by atoms with Gasteiger partial charge in [-0.25, -0.2) is 0 Å². The van der Waals surface area contributed by atoms with Gasteiger partial charge in [0.25, 0.3) is 5.91 Å². The molecule has 1 aromatic carbocycles. The Bertz CT molecular complexity index is 630. The van der Waals surface area contributed by atoms with E-state index in [4.69, 9.17) is 9.47 Å². The molecule has 2 heterocycles. The second-order valence-corrected chi connectivity index (χ2v) is 5.47. The molecule has 1 fully saturated rings. The molecule has 1 aromatic heterocycles. The van der Waals surface area contributed by atoms with E-state index in [0.29, 0.717) is 18.2 Å². The summed E-state index contributed by atoms with van der Waals surface area (Å²) in [5.74, 6) is 1.93. The normalized spacial score (nSPS) is 17.5. The highest BCUT2D eigenvalue weighted by Crippen LogP contribution is 2.33. The van der Waals surface area contributed by atoms with Gasteiger partial charge in [0.15, 0.2) is 0 Å². The highest BCUT2D eigenvalue weighted by molar-refractivity contribution is 5.92. The maximum atomic E-state index is 12.4. The molecular weight excluding hydrogens is 280 g/mol. The molecule has 5 heteroatoms. The van der Waals surface area contributed by atoms with Crippen molar-refractivity contribution in [2.75, 3.05) is 27.3 Å². The van der Waals surface area contributed by atoms with Gasteiger partial charge >= 0.3 is 0 Å². The number of hydrogen-bond donors (Lipinski definition) is 1. The lowest BCUT2D eigenvalue weighted by atomic mass is 9.98. The quantitative estimate of drug-likeness (QED) is 0.944. The van der Waals surface area contributed by atoms with Gasteiger partial charge in [-0.05, 0) is 36.2 Å². The molecule has 1 aliphatic rings. The molecule has 3 rings (SSSR count). The lowest BCUT2D eigenvalue weighted by Crippen LogP contribution is -2.28. The maximum Gasteiger partial charge on any atom is 0.270 e. The Morgan fingerprint density at radius 2 is 1.95 bits per heavy atom. The fraction of sp³-hybridized carbons (Fsp3) is 0.353. The molecule has 0 aliphatic carbocycles. The van der Waals surface area contributed by atoms with Gasteiger partial charge in [-0.3, -0.25) is 4.79 Å². The van der Waals surface area contributed by atoms with Crippen LogP contribution in [0.3, 0.4) is 0 Å². The molecule has 0 bridgehead atoms. The second kappa shape index (κ2) is 6.13. The summed E-state index contributed by atoms with van der Waals surface area (Å²) in [5.41, 5.74) is 1.79. The van der Waals surface area contributed by atoms with E-state index in [1.807, 2.05) is 35.2 Å². The van der Waals surface area contributed by atoms with Crippen LogP contribution in [0.4, 0.5) is 0 Å². The first-order valence-electron chi connectivity index (χ1n) is 7.37. The third kappa shape index (κ3) is 2.79. The van der Waals surface area contributed by atoms with Crippen LogP contribution in [0.1, 0.15) is 28.4 Å². The van der Waals surface area contributed by atoms with Gasteiger partial charge in [-0.15, -0.1) is 0 Å². The number of carbonyl (C=O) groups is 1. The number of hydrogen-bond acceptors (Lipinski definition) is 3. The van der Waals surface area contributed by atoms with Crippen molar-refractivity contribution in [3.05, 3.63) is 47.8 Å². The van der Waals surface area contributed by atoms with Crippen molar-refractivity contribution < 1.29 is 14.3 Å². The molecule has 1 aliphatic heterocycles. The molecular formula is C17H20N2O3. The second-order valence-electron chi connectivity index (χ2n) is 5.47. The van der Waals surface area contributed by atoms with Crippen LogP contribution in [0.2, 0.25) is 0 Å². The molecule has 0 saturated carbocycles. The lowest BCUT2D eigenvalue weighted by molar-refractivity contribution is 0.0785. The summed E-state index contributed by atoms with van der Waals surface area (Å²) in [7, 11) is 3.29. The first kappa shape index (κ1) is 14.5. The van der Waals surface area contributed by atoms with Gasteiger partial charge in [0.05, 0.1) is 14.2 Å². The summed E-state index contributed by atoms with van der Waals surface area (Å²) in [4.78, 5) is 17.2. The molecule has 2 aromatic rings. The third-order valence-electron chi connectivity index (χ3n) is 4.15. The van der Waals surface area contributed by atoms with Crippen molar-refractivity contribution >= 4 is 5.91 Å². The number of amides is 1. The summed E-state index contributed by atoms with van der Waals surface area (Å²) >= 11 is 0. The highest BCUT2D eigenvalue weighted by Gasteiger charge is 2.28. The van der Waals surface area contributed by atoms with Crippen LogP contribution in [0.5, 0.6) is 11.5 Å². The van der Waals surface area contributed by atoms with E-state index in [1.54, 1.807) is 20.4 Å². The molecule has 0 spiro atoms. The van der Waals surface area contributed by atoms with E-state index in [1.165, 1.54) is 0 Å². The first-order chi connectivity index (χ1) is 10.7. The van der Waals surface area contributed by atoms with E-state index in [2.05, 4.69) is 4.98 Å². The standard InChI is InChI=1S/C17H20N2O3/c1-21-14-8-13(9-15(10-14)22-2)12-5-7-19(11-12)17(20)16-4-3-6-18-16/h3-4,6,8-10,12,18H,5,7,11H2,1-2H3/t12-/m1/s1. The molecule has 1 N–H and O–H groups in total. The smallest absolute Gasteiger partial charge is 0.270 e. The van der Waals surface area contributed by atoms with Gasteiger partial charge in [-0.2, -0.15) is 0 Å². The minimum absolute atomic E-state index is 0.0577. The van der Waals surface area contributed by atoms with E-state index in [0.717, 1.165) is 30.0 Å². The summed E-state index contributed by atoms with van der Waals surface area (Å²) in [5, 5.41) is 0. The minimum Gasteiger partial charge on any atom is -0.497 e. The number of methoxy groups -OCH3 is 2. The van der Waals surface area contributed by atoms with Crippen molar-refractivity contribution in [3.8, 4) is 11.5 Å². The zero-order chi connectivity index (χ0) is 15.5. The van der Waals surface area contributed by atoms with Gasteiger partial charge in [-0.1, -0.05) is 0 Å². The van der Waals surface area contributed by atoms with Crippen LogP contribution >= 0.6 is 0 Å². The number of carbonyl (C=O) groups excluding carboxylic acids is 1. The number of nitrogens with one attached hydrogen (secondary N) is 1. The van der Waals surface area contributed by atoms with Crippen LogP contribution in [0.25, 0.3) is 0 Å². The summed E-state index contributed by atoms with van der Waals surface area (Å²) in [6.45, 7) is 1.48. The van der Waals surface area contributed by atoms with Crippen molar-refractivity contribution in [3.63, 3.8) is 0 Å². The zero-order valence-corrected chi connectivity index (χ0v) is 12.8. The average Bonchev–Trinajstić information content (AvgIpc) is 3.25. The van der Waals surface area contributed by atoms with E-state index in [-0.39, 0.29) is 5.91 Å². The number of ether oxygens (including phenoxy) is 2. The SMILES string of the molecule is COc1cc(OC)cc([C@@H]2CCN(C(=O)c3ccc[nH]3)C2)c1. The monoisotopic (exact) mass is 300 g/mol. The van der Waals surface area contributed by atoms with Crippen LogP contribution in [0, 0.1) is 0 Å². The van der Waals surface area contributed by atoms with Crippen molar-refractivity contribution in [1.29, 1.82) is 0 Å². The predicted octanol–water partition coefficient (Wildman–Crippen LogP) is 2.66. The van der Waals surface area contributed by atoms with Crippen LogP contribution in [0.15, 0.2) is 36.5 Å². The number of aromatic nitrogens is 1. The minimum atomic E-state index is 0.0577. The van der Waals surface area contributed by atoms with Crippen molar-refractivity contribution in [2.45, 2.75) is 12.3 Å². The van der Waals surface area contributed by atoms with Crippen LogP contribution < -0.4 is 9.47 Å².